The van der Waals surface area contributed by atoms with Crippen LogP contribution in [0.3, 0.4) is 0 Å². The molecule has 0 aliphatic carbocycles. The highest BCUT2D eigenvalue weighted by Crippen LogP contribution is 2.09. The average molecular weight is 557 g/mol. The fraction of sp³-hybridized carbons (Fsp3) is 0.552. The maximum absolute atomic E-state index is 11.5. The third-order valence-corrected chi connectivity index (χ3v) is 4.34. The van der Waals surface area contributed by atoms with Crippen LogP contribution < -0.4 is 22.1 Å². The van der Waals surface area contributed by atoms with Crippen LogP contribution in [0.2, 0.25) is 0 Å². The van der Waals surface area contributed by atoms with E-state index in [0.29, 0.717) is 32.1 Å². The van der Waals surface area contributed by atoms with Crippen molar-refractivity contribution >= 4 is 35.7 Å². The van der Waals surface area contributed by atoms with E-state index >= 15 is 0 Å². The Morgan fingerprint density at radius 1 is 1.05 bits per heavy atom. The minimum absolute atomic E-state index is 0. The van der Waals surface area contributed by atoms with Gasteiger partial charge >= 0.3 is 0 Å². The van der Waals surface area contributed by atoms with Crippen molar-refractivity contribution in [3.63, 3.8) is 0 Å². The van der Waals surface area contributed by atoms with E-state index in [0.717, 1.165) is 30.4 Å². The summed E-state index contributed by atoms with van der Waals surface area (Å²) < 4.78 is 0. The number of rotatable bonds is 14. The molecule has 0 heterocycles. The summed E-state index contributed by atoms with van der Waals surface area (Å²) in [4.78, 5) is 53.3. The number of unbranched alkanes of at least 4 members (excludes halogenated alkanes) is 2. The molecule has 1 rings (SSSR count). The van der Waals surface area contributed by atoms with Crippen molar-refractivity contribution in [1.29, 1.82) is 0 Å². The van der Waals surface area contributed by atoms with Crippen molar-refractivity contribution < 1.29 is 30.9 Å². The van der Waals surface area contributed by atoms with Crippen molar-refractivity contribution in [2.24, 2.45) is 11.5 Å². The van der Waals surface area contributed by atoms with Crippen molar-refractivity contribution in [2.45, 2.75) is 92.2 Å². The molecule has 0 aliphatic heterocycles. The summed E-state index contributed by atoms with van der Waals surface area (Å²) in [5, 5.41) is 5.38. The first-order chi connectivity index (χ1) is 18.2. The first-order valence-electron chi connectivity index (χ1n) is 13.2. The molecule has 0 saturated carbocycles. The molecule has 0 saturated heterocycles. The Bertz CT molecular complexity index is 771. The number of carbonyl (C=O) groups excluding carboxylic acids is 5. The molecule has 10 heteroatoms. The smallest absolute Gasteiger partial charge is 0.237 e. The van der Waals surface area contributed by atoms with Gasteiger partial charge in [-0.3, -0.25) is 14.4 Å². The number of ketones is 2. The number of nitrogens with two attached hydrogens (primary N) is 2. The van der Waals surface area contributed by atoms with Gasteiger partial charge in [-0.05, 0) is 58.2 Å². The molecule has 39 heavy (non-hydrogen) atoms. The molecule has 228 valence electrons. The van der Waals surface area contributed by atoms with Gasteiger partial charge in [-0.2, -0.15) is 0 Å². The number of aldehydes is 2. The fourth-order valence-electron chi connectivity index (χ4n) is 2.44. The van der Waals surface area contributed by atoms with Crippen LogP contribution >= 0.6 is 0 Å². The van der Waals surface area contributed by atoms with E-state index in [2.05, 4.69) is 17.2 Å². The van der Waals surface area contributed by atoms with Crippen molar-refractivity contribution in [1.82, 2.24) is 5.32 Å². The number of amides is 1. The number of anilines is 1. The lowest BCUT2D eigenvalue weighted by Crippen LogP contribution is -2.46. The molecule has 0 unspecified atom stereocenters. The Morgan fingerprint density at radius 3 is 2.05 bits per heavy atom. The van der Waals surface area contributed by atoms with E-state index in [1.165, 1.54) is 6.92 Å². The third kappa shape index (κ3) is 30.9. The van der Waals surface area contributed by atoms with Crippen LogP contribution in [0.5, 0.6) is 0 Å². The number of carbonyl (C=O) groups is 5. The van der Waals surface area contributed by atoms with E-state index in [4.69, 9.17) is 11.5 Å². The summed E-state index contributed by atoms with van der Waals surface area (Å²) in [6.45, 7) is 14.9. The van der Waals surface area contributed by atoms with Crippen LogP contribution in [0, 0.1) is 0 Å². The summed E-state index contributed by atoms with van der Waals surface area (Å²) >= 11 is 0. The first-order valence-corrected chi connectivity index (χ1v) is 13.2. The number of nitrogens with one attached hydrogen (secondary N) is 2. The minimum Gasteiger partial charge on any atom is -0.412 e. The van der Waals surface area contributed by atoms with Gasteiger partial charge in [-0.25, -0.2) is 0 Å². The molecular weight excluding hydrogens is 500 g/mol. The predicted octanol–water partition coefficient (Wildman–Crippen LogP) is 3.66. The zero-order chi connectivity index (χ0) is 30.4. The standard InChI is InChI=1S/C10H19N3O3.C9H11NO.C6H10O.2C2H6.H2O.H2/c1-7(15)5-8(6-14)13-10(16)9(12)3-2-4-11;1-7(11)8-4-3-5-9(6-8)10-2;1-2-3-4-5-6-7;2*1-2;;/h6,8-9H,2-5,11-12H2,1H3,(H,13,16);3-6,10H,1-2H3;2,6H,1,3-5H2;2*1-2H3;1H2;1H/t8-,9-;;;;;;/m0....../s1. The maximum atomic E-state index is 11.5. The molecule has 0 aliphatic rings. The van der Waals surface area contributed by atoms with Gasteiger partial charge in [0, 0.05) is 32.6 Å². The molecule has 1 aromatic rings. The van der Waals surface area contributed by atoms with Crippen LogP contribution in [0.25, 0.3) is 0 Å². The van der Waals surface area contributed by atoms with E-state index in [1.54, 1.807) is 6.92 Å². The van der Waals surface area contributed by atoms with E-state index in [-0.39, 0.29) is 24.9 Å². The molecule has 0 aromatic heterocycles. The molecule has 10 nitrogen and oxygen atoms in total. The summed E-state index contributed by atoms with van der Waals surface area (Å²) in [5.41, 5.74) is 12.6. The van der Waals surface area contributed by atoms with Crippen molar-refractivity contribution in [2.75, 3.05) is 18.9 Å². The third-order valence-electron chi connectivity index (χ3n) is 4.34. The number of hydrogen-bond acceptors (Lipinski definition) is 8. The monoisotopic (exact) mass is 556 g/mol. The van der Waals surface area contributed by atoms with Gasteiger partial charge in [0.1, 0.15) is 18.4 Å². The van der Waals surface area contributed by atoms with Crippen molar-refractivity contribution in [3.05, 3.63) is 42.5 Å². The lowest BCUT2D eigenvalue weighted by atomic mass is 10.1. The second-order valence-corrected chi connectivity index (χ2v) is 7.47. The predicted molar refractivity (Wildman–Crippen MR) is 164 cm³/mol. The lowest BCUT2D eigenvalue weighted by Gasteiger charge is -2.15. The molecule has 0 fully saturated rings. The largest absolute Gasteiger partial charge is 0.412 e. The second kappa shape index (κ2) is 34.8. The van der Waals surface area contributed by atoms with Gasteiger partial charge in [0.15, 0.2) is 5.78 Å². The molecule has 0 bridgehead atoms. The fourth-order valence-corrected chi connectivity index (χ4v) is 2.44. The lowest BCUT2D eigenvalue weighted by molar-refractivity contribution is -0.126. The van der Waals surface area contributed by atoms with Gasteiger partial charge in [0.05, 0.1) is 12.1 Å². The Kier molecular flexibility index (Phi) is 40.8. The Hall–Kier alpha value is -3.21. The first kappa shape index (κ1) is 45.7. The summed E-state index contributed by atoms with van der Waals surface area (Å²) in [6.07, 6.45) is 6.99. The quantitative estimate of drug-likeness (QED) is 0.115. The summed E-state index contributed by atoms with van der Waals surface area (Å²) in [5.74, 6) is -0.484. The zero-order valence-electron chi connectivity index (χ0n) is 25.0. The van der Waals surface area contributed by atoms with Crippen LogP contribution in [0.4, 0.5) is 5.69 Å². The Labute approximate surface area is 237 Å². The van der Waals surface area contributed by atoms with Gasteiger partial charge in [-0.15, -0.1) is 6.58 Å². The van der Waals surface area contributed by atoms with E-state index in [9.17, 15) is 24.0 Å². The topological polar surface area (TPSA) is 193 Å². The normalized spacial score (nSPS) is 10.1. The van der Waals surface area contributed by atoms with Crippen LogP contribution in [0.1, 0.15) is 91.9 Å². The van der Waals surface area contributed by atoms with Gasteiger partial charge in [-0.1, -0.05) is 45.9 Å². The molecule has 2 atom stereocenters. The number of Topliss-reactive ketones (excluding diaryl/α,β-unsaturated/α-hetero) is 2. The highest BCUT2D eigenvalue weighted by molar-refractivity contribution is 5.94. The molecule has 0 radical (unpaired) electrons. The number of allylic oxidation sites excluding steroid dienone is 1. The van der Waals surface area contributed by atoms with Crippen molar-refractivity contribution in [3.8, 4) is 0 Å². The van der Waals surface area contributed by atoms with Gasteiger partial charge in [0.2, 0.25) is 5.91 Å². The highest BCUT2D eigenvalue weighted by atomic mass is 16.2. The second-order valence-electron chi connectivity index (χ2n) is 7.47. The summed E-state index contributed by atoms with van der Waals surface area (Å²) in [6, 6.07) is 5.97. The maximum Gasteiger partial charge on any atom is 0.237 e. The van der Waals surface area contributed by atoms with E-state index in [1.807, 2.05) is 65.1 Å². The number of benzene rings is 1. The van der Waals surface area contributed by atoms with Gasteiger partial charge < -0.3 is 37.2 Å². The van der Waals surface area contributed by atoms with Crippen LogP contribution in [-0.4, -0.2) is 61.2 Å². The highest BCUT2D eigenvalue weighted by Gasteiger charge is 2.18. The van der Waals surface area contributed by atoms with Crippen LogP contribution in [-0.2, 0) is 19.2 Å². The number of hydrogen-bond donors (Lipinski definition) is 4. The molecule has 1 aromatic carbocycles. The Balaban J connectivity index is -0.000000105. The summed E-state index contributed by atoms with van der Waals surface area (Å²) in [7, 11) is 1.83. The molecule has 8 N–H and O–H groups in total. The molecular formula is C29H56N4O6. The molecule has 0 spiro atoms. The Morgan fingerprint density at radius 2 is 1.64 bits per heavy atom. The van der Waals surface area contributed by atoms with E-state index < -0.39 is 18.0 Å². The average Bonchev–Trinajstić information content (AvgIpc) is 2.94. The SMILES string of the molecule is C=CCCCC=O.CC.CC.CC(=O)C[C@@H](C=O)NC(=O)[C@@H](N)CCCN.CNc1cccc(C(C)=O)c1.O.[HH]. The van der Waals surface area contributed by atoms with Crippen LogP contribution in [0.15, 0.2) is 36.9 Å². The molecule has 1 amide bonds. The van der Waals surface area contributed by atoms with Gasteiger partial charge in [0.25, 0.3) is 0 Å². The minimum atomic E-state index is -0.783. The zero-order valence-corrected chi connectivity index (χ0v) is 25.0.